The Morgan fingerprint density at radius 2 is 2.06 bits per heavy atom. The maximum absolute atomic E-state index is 12.2. The smallest absolute Gasteiger partial charge is 0.378 e. The maximum Gasteiger partial charge on any atom is 0.378 e. The van der Waals surface area contributed by atoms with Crippen LogP contribution in [-0.2, 0) is 9.09 Å². The van der Waals surface area contributed by atoms with Crippen LogP contribution in [0, 0.1) is 0 Å². The molecule has 0 fully saturated rings. The number of aromatic nitrogens is 1. The van der Waals surface area contributed by atoms with Crippen molar-refractivity contribution < 1.29 is 13.6 Å². The van der Waals surface area contributed by atoms with Gasteiger partial charge in [0.15, 0.2) is 5.75 Å². The zero-order valence-electron chi connectivity index (χ0n) is 9.97. The van der Waals surface area contributed by atoms with Crippen molar-refractivity contribution in [1.29, 1.82) is 0 Å². The van der Waals surface area contributed by atoms with Gasteiger partial charge in [-0.1, -0.05) is 19.1 Å². The Labute approximate surface area is 100 Å². The number of fused-ring (bicyclic) bond motifs is 1. The second kappa shape index (κ2) is 4.94. The maximum atomic E-state index is 12.2. The van der Waals surface area contributed by atoms with E-state index in [1.165, 1.54) is 0 Å². The van der Waals surface area contributed by atoms with Gasteiger partial charge in [0.05, 0.1) is 12.8 Å². The van der Waals surface area contributed by atoms with Crippen molar-refractivity contribution in [1.82, 2.24) is 4.98 Å². The van der Waals surface area contributed by atoms with E-state index in [1.54, 1.807) is 20.0 Å². The molecule has 0 aliphatic heterocycles. The molecule has 1 heterocycles. The topological polar surface area (TPSA) is 51.3 Å². The number of aromatic amines is 1. The van der Waals surface area contributed by atoms with Gasteiger partial charge < -0.3 is 14.0 Å². The molecule has 1 aromatic carbocycles. The molecular weight excluding hydrogens is 237 g/mol. The summed E-state index contributed by atoms with van der Waals surface area (Å²) < 4.78 is 23.0. The van der Waals surface area contributed by atoms with Gasteiger partial charge in [0.25, 0.3) is 0 Å². The molecule has 1 unspecified atom stereocenters. The Hall–Kier alpha value is -1.25. The summed E-state index contributed by atoms with van der Waals surface area (Å²) in [7, 11) is -3.01. The van der Waals surface area contributed by atoms with Crippen LogP contribution >= 0.6 is 7.60 Å². The molecule has 5 heteroatoms. The zero-order chi connectivity index (χ0) is 12.3. The van der Waals surface area contributed by atoms with E-state index in [1.807, 2.05) is 24.3 Å². The number of nitrogens with one attached hydrogen (secondary N) is 1. The largest absolute Gasteiger partial charge is 0.422 e. The Bertz CT molecular complexity index is 549. The summed E-state index contributed by atoms with van der Waals surface area (Å²) in [5.41, 5.74) is 0.960. The van der Waals surface area contributed by atoms with Crippen LogP contribution in [0.2, 0.25) is 0 Å². The van der Waals surface area contributed by atoms with E-state index >= 15 is 0 Å². The molecule has 0 bridgehead atoms. The fourth-order valence-corrected chi connectivity index (χ4v) is 2.86. The van der Waals surface area contributed by atoms with E-state index in [0.29, 0.717) is 18.5 Å². The van der Waals surface area contributed by atoms with Crippen LogP contribution in [-0.4, -0.2) is 17.8 Å². The summed E-state index contributed by atoms with van der Waals surface area (Å²) in [5.74, 6) is 0.583. The zero-order valence-corrected chi connectivity index (χ0v) is 10.9. The lowest BCUT2D eigenvalue weighted by molar-refractivity contribution is 0.281. The molecule has 92 valence electrons. The first-order valence-electron chi connectivity index (χ1n) is 5.68. The minimum absolute atomic E-state index is 0.361. The lowest BCUT2D eigenvalue weighted by atomic mass is 10.2. The first kappa shape index (κ1) is 12.2. The number of hydrogen-bond acceptors (Lipinski definition) is 3. The van der Waals surface area contributed by atoms with Gasteiger partial charge in [-0.15, -0.1) is 0 Å². The molecule has 0 saturated heterocycles. The third kappa shape index (κ3) is 2.54. The third-order valence-electron chi connectivity index (χ3n) is 2.50. The van der Waals surface area contributed by atoms with Crippen molar-refractivity contribution in [2.45, 2.75) is 13.8 Å². The molecule has 0 spiro atoms. The molecule has 0 aliphatic carbocycles. The third-order valence-corrected chi connectivity index (χ3v) is 4.40. The van der Waals surface area contributed by atoms with Crippen molar-refractivity contribution in [2.24, 2.45) is 0 Å². The van der Waals surface area contributed by atoms with E-state index < -0.39 is 7.60 Å². The fraction of sp³-hybridized carbons (Fsp3) is 0.333. The number of benzene rings is 1. The predicted octanol–water partition coefficient (Wildman–Crippen LogP) is 3.80. The minimum Gasteiger partial charge on any atom is -0.422 e. The lowest BCUT2D eigenvalue weighted by Crippen LogP contribution is -1.99. The molecule has 2 rings (SSSR count). The molecule has 1 atom stereocenters. The van der Waals surface area contributed by atoms with Crippen LogP contribution in [0.1, 0.15) is 13.8 Å². The van der Waals surface area contributed by atoms with Gasteiger partial charge >= 0.3 is 7.60 Å². The summed E-state index contributed by atoms with van der Waals surface area (Å²) >= 11 is 0. The minimum atomic E-state index is -3.01. The first-order chi connectivity index (χ1) is 8.18. The van der Waals surface area contributed by atoms with Crippen LogP contribution in [0.3, 0.4) is 0 Å². The highest BCUT2D eigenvalue weighted by molar-refractivity contribution is 7.54. The van der Waals surface area contributed by atoms with E-state index in [4.69, 9.17) is 9.05 Å². The van der Waals surface area contributed by atoms with Gasteiger partial charge in [0, 0.05) is 17.1 Å². The normalized spacial score (nSPS) is 14.7. The van der Waals surface area contributed by atoms with Gasteiger partial charge in [-0.2, -0.15) is 0 Å². The standard InChI is InChI=1S/C12H16NO3P/c1-3-15-17(14,4-2)16-12-9-13-11-8-6-5-7-10(11)12/h5-9,13H,3-4H2,1-2H3. The summed E-state index contributed by atoms with van der Waals surface area (Å²) in [4.78, 5) is 3.08. The van der Waals surface area contributed by atoms with Gasteiger partial charge in [-0.3, -0.25) is 0 Å². The Morgan fingerprint density at radius 3 is 2.76 bits per heavy atom. The number of hydrogen-bond donors (Lipinski definition) is 1. The Morgan fingerprint density at radius 1 is 1.29 bits per heavy atom. The predicted molar refractivity (Wildman–Crippen MR) is 68.7 cm³/mol. The molecule has 1 aromatic heterocycles. The van der Waals surface area contributed by atoms with Crippen LogP contribution < -0.4 is 4.52 Å². The van der Waals surface area contributed by atoms with Gasteiger partial charge in [-0.05, 0) is 19.1 Å². The molecule has 0 amide bonds. The summed E-state index contributed by atoms with van der Waals surface area (Å²) in [6.45, 7) is 3.99. The second-order valence-electron chi connectivity index (χ2n) is 3.63. The Balaban J connectivity index is 2.32. The van der Waals surface area contributed by atoms with Gasteiger partial charge in [-0.25, -0.2) is 4.57 Å². The molecule has 1 N–H and O–H groups in total. The highest BCUT2D eigenvalue weighted by Crippen LogP contribution is 2.49. The molecular formula is C12H16NO3P. The van der Waals surface area contributed by atoms with Crippen molar-refractivity contribution in [3.05, 3.63) is 30.5 Å². The van der Waals surface area contributed by atoms with E-state index in [-0.39, 0.29) is 0 Å². The van der Waals surface area contributed by atoms with E-state index in [2.05, 4.69) is 4.98 Å². The Kier molecular flexibility index (Phi) is 3.55. The van der Waals surface area contributed by atoms with Crippen molar-refractivity contribution in [3.8, 4) is 5.75 Å². The highest BCUT2D eigenvalue weighted by atomic mass is 31.2. The summed E-state index contributed by atoms with van der Waals surface area (Å²) in [6, 6.07) is 7.72. The quantitative estimate of drug-likeness (QED) is 0.824. The monoisotopic (exact) mass is 253 g/mol. The number of rotatable bonds is 5. The first-order valence-corrected chi connectivity index (χ1v) is 7.40. The average Bonchev–Trinajstić information content (AvgIpc) is 2.73. The van der Waals surface area contributed by atoms with Gasteiger partial charge in [0.1, 0.15) is 0 Å². The SMILES string of the molecule is CCOP(=O)(CC)Oc1c[nH]c2ccccc12. The van der Waals surface area contributed by atoms with Crippen molar-refractivity contribution in [3.63, 3.8) is 0 Å². The molecule has 0 aliphatic rings. The molecule has 4 nitrogen and oxygen atoms in total. The van der Waals surface area contributed by atoms with E-state index in [0.717, 1.165) is 10.9 Å². The van der Waals surface area contributed by atoms with Crippen molar-refractivity contribution in [2.75, 3.05) is 12.8 Å². The van der Waals surface area contributed by atoms with Crippen LogP contribution in [0.15, 0.2) is 30.5 Å². The molecule has 17 heavy (non-hydrogen) atoms. The van der Waals surface area contributed by atoms with E-state index in [9.17, 15) is 4.57 Å². The molecule has 0 saturated carbocycles. The highest BCUT2D eigenvalue weighted by Gasteiger charge is 2.24. The lowest BCUT2D eigenvalue weighted by Gasteiger charge is -2.16. The average molecular weight is 253 g/mol. The van der Waals surface area contributed by atoms with Crippen LogP contribution in [0.25, 0.3) is 10.9 Å². The number of H-pyrrole nitrogens is 1. The van der Waals surface area contributed by atoms with Crippen molar-refractivity contribution >= 4 is 18.5 Å². The summed E-state index contributed by atoms with van der Waals surface area (Å²) in [6.07, 6.45) is 2.08. The van der Waals surface area contributed by atoms with Crippen LogP contribution in [0.4, 0.5) is 0 Å². The van der Waals surface area contributed by atoms with Crippen LogP contribution in [0.5, 0.6) is 5.75 Å². The molecule has 0 radical (unpaired) electrons. The number of para-hydroxylation sites is 1. The summed E-state index contributed by atoms with van der Waals surface area (Å²) in [5, 5.41) is 0.917. The molecule has 2 aromatic rings. The van der Waals surface area contributed by atoms with Gasteiger partial charge in [0.2, 0.25) is 0 Å². The second-order valence-corrected chi connectivity index (χ2v) is 5.93. The fourth-order valence-electron chi connectivity index (χ4n) is 1.65.